The molecule has 172 valence electrons. The predicted octanol–water partition coefficient (Wildman–Crippen LogP) is 6.02. The van der Waals surface area contributed by atoms with Crippen LogP contribution in [-0.4, -0.2) is 16.7 Å². The monoisotopic (exact) mass is 471 g/mol. The Bertz CT molecular complexity index is 1300. The van der Waals surface area contributed by atoms with E-state index in [4.69, 9.17) is 16.3 Å². The quantitative estimate of drug-likeness (QED) is 0.252. The van der Waals surface area contributed by atoms with Gasteiger partial charge in [-0.25, -0.2) is 5.43 Å². The topological polar surface area (TPSA) is 55.6 Å². The van der Waals surface area contributed by atoms with Gasteiger partial charge in [0.05, 0.1) is 12.6 Å². The molecule has 1 amide bonds. The number of hydrogen-bond donors (Lipinski definition) is 1. The Morgan fingerprint density at radius 3 is 2.44 bits per heavy atom. The summed E-state index contributed by atoms with van der Waals surface area (Å²) in [6.45, 7) is 4.49. The van der Waals surface area contributed by atoms with Crippen LogP contribution < -0.4 is 10.2 Å². The molecule has 0 saturated heterocycles. The molecule has 0 spiro atoms. The van der Waals surface area contributed by atoms with Crippen LogP contribution in [0, 0.1) is 13.8 Å². The maximum absolute atomic E-state index is 12.1. The van der Waals surface area contributed by atoms with Gasteiger partial charge in [-0.1, -0.05) is 60.1 Å². The normalized spacial score (nSPS) is 11.0. The van der Waals surface area contributed by atoms with Gasteiger partial charge in [0.2, 0.25) is 5.91 Å². The van der Waals surface area contributed by atoms with Crippen LogP contribution in [0.3, 0.4) is 0 Å². The summed E-state index contributed by atoms with van der Waals surface area (Å²) in [6, 6.07) is 27.2. The molecular weight excluding hydrogens is 446 g/mol. The summed E-state index contributed by atoms with van der Waals surface area (Å²) in [5, 5.41) is 4.85. The number of aromatic nitrogens is 1. The SMILES string of the molecule is Cc1cc(C=NNC(=O)Cc2ccccc2)c(C)n1-c1ccc(OCc2ccccc2Cl)cc1. The lowest BCUT2D eigenvalue weighted by molar-refractivity contribution is -0.120. The Hall–Kier alpha value is -3.83. The Labute approximate surface area is 204 Å². The largest absolute Gasteiger partial charge is 0.489 e. The van der Waals surface area contributed by atoms with Crippen molar-refractivity contribution >= 4 is 23.7 Å². The van der Waals surface area contributed by atoms with E-state index in [1.54, 1.807) is 6.21 Å². The molecule has 34 heavy (non-hydrogen) atoms. The third kappa shape index (κ3) is 5.74. The number of halogens is 1. The molecule has 0 radical (unpaired) electrons. The third-order valence-electron chi connectivity index (χ3n) is 5.52. The van der Waals surface area contributed by atoms with Crippen molar-refractivity contribution in [1.82, 2.24) is 9.99 Å². The molecule has 0 unspecified atom stereocenters. The average Bonchev–Trinajstić information content (AvgIpc) is 3.12. The fourth-order valence-corrected chi connectivity index (χ4v) is 3.97. The Kier molecular flexibility index (Phi) is 7.45. The Morgan fingerprint density at radius 2 is 1.71 bits per heavy atom. The summed E-state index contributed by atoms with van der Waals surface area (Å²) < 4.78 is 8.04. The van der Waals surface area contributed by atoms with Gasteiger partial charge in [-0.05, 0) is 55.8 Å². The van der Waals surface area contributed by atoms with Gasteiger partial charge >= 0.3 is 0 Å². The van der Waals surface area contributed by atoms with Crippen LogP contribution in [0.15, 0.2) is 90.0 Å². The maximum Gasteiger partial charge on any atom is 0.244 e. The van der Waals surface area contributed by atoms with E-state index in [1.165, 1.54) is 0 Å². The van der Waals surface area contributed by atoms with Crippen LogP contribution in [0.1, 0.15) is 28.1 Å². The van der Waals surface area contributed by atoms with Crippen molar-refractivity contribution in [2.45, 2.75) is 26.9 Å². The zero-order valence-electron chi connectivity index (χ0n) is 19.2. The van der Waals surface area contributed by atoms with Crippen molar-refractivity contribution in [3.8, 4) is 11.4 Å². The molecule has 0 bridgehead atoms. The second-order valence-corrected chi connectivity index (χ2v) is 8.40. The lowest BCUT2D eigenvalue weighted by Crippen LogP contribution is -2.19. The van der Waals surface area contributed by atoms with Gasteiger partial charge in [0.25, 0.3) is 0 Å². The molecule has 0 atom stereocenters. The highest BCUT2D eigenvalue weighted by atomic mass is 35.5. The summed E-state index contributed by atoms with van der Waals surface area (Å²) in [6.07, 6.45) is 1.98. The third-order valence-corrected chi connectivity index (χ3v) is 5.89. The number of ether oxygens (including phenoxy) is 1. The molecule has 3 aromatic carbocycles. The summed E-state index contributed by atoms with van der Waals surface area (Å²) in [5.74, 6) is 0.623. The molecule has 0 fully saturated rings. The van der Waals surface area contributed by atoms with Gasteiger partial charge in [0, 0.05) is 33.2 Å². The fourth-order valence-electron chi connectivity index (χ4n) is 3.78. The summed E-state index contributed by atoms with van der Waals surface area (Å²) >= 11 is 6.21. The molecule has 0 aliphatic rings. The van der Waals surface area contributed by atoms with E-state index in [1.807, 2.05) is 98.8 Å². The zero-order valence-corrected chi connectivity index (χ0v) is 19.9. The summed E-state index contributed by atoms with van der Waals surface area (Å²) in [5.41, 5.74) is 8.57. The van der Waals surface area contributed by atoms with Crippen LogP contribution in [0.2, 0.25) is 5.02 Å². The van der Waals surface area contributed by atoms with E-state index in [9.17, 15) is 4.79 Å². The van der Waals surface area contributed by atoms with E-state index >= 15 is 0 Å². The predicted molar refractivity (Wildman–Crippen MR) is 137 cm³/mol. The number of nitrogens with zero attached hydrogens (tertiary/aromatic N) is 2. The molecule has 1 heterocycles. The fraction of sp³-hybridized carbons (Fsp3) is 0.143. The standard InChI is InChI=1S/C28H26ClN3O2/c1-20-16-24(18-30-31-28(33)17-22-8-4-3-5-9-22)21(2)32(20)25-12-14-26(15-13-25)34-19-23-10-6-7-11-27(23)29/h3-16,18H,17,19H2,1-2H3,(H,31,33). The van der Waals surface area contributed by atoms with E-state index in [0.29, 0.717) is 18.1 Å². The zero-order chi connectivity index (χ0) is 23.9. The smallest absolute Gasteiger partial charge is 0.244 e. The van der Waals surface area contributed by atoms with Gasteiger partial charge in [-0.2, -0.15) is 5.10 Å². The molecule has 5 nitrogen and oxygen atoms in total. The van der Waals surface area contributed by atoms with Gasteiger partial charge in [0.15, 0.2) is 0 Å². The number of aryl methyl sites for hydroxylation is 1. The van der Waals surface area contributed by atoms with Crippen molar-refractivity contribution in [2.24, 2.45) is 5.10 Å². The molecule has 0 saturated carbocycles. The number of carbonyl (C=O) groups excluding carboxylic acids is 1. The van der Waals surface area contributed by atoms with Gasteiger partial charge in [-0.15, -0.1) is 0 Å². The highest BCUT2D eigenvalue weighted by molar-refractivity contribution is 6.31. The number of benzene rings is 3. The molecule has 0 aliphatic heterocycles. The molecule has 1 N–H and O–H groups in total. The van der Waals surface area contributed by atoms with Crippen molar-refractivity contribution in [3.05, 3.63) is 118 Å². The molecule has 6 heteroatoms. The van der Waals surface area contributed by atoms with Crippen molar-refractivity contribution in [2.75, 3.05) is 0 Å². The minimum atomic E-state index is -0.149. The van der Waals surface area contributed by atoms with Crippen LogP contribution >= 0.6 is 11.6 Å². The van der Waals surface area contributed by atoms with E-state index in [0.717, 1.165) is 39.5 Å². The Morgan fingerprint density at radius 1 is 1.00 bits per heavy atom. The first kappa shape index (κ1) is 23.3. The van der Waals surface area contributed by atoms with Crippen molar-refractivity contribution in [1.29, 1.82) is 0 Å². The van der Waals surface area contributed by atoms with Crippen LogP contribution in [0.25, 0.3) is 5.69 Å². The lowest BCUT2D eigenvalue weighted by Gasteiger charge is -2.12. The highest BCUT2D eigenvalue weighted by Crippen LogP contribution is 2.23. The number of amides is 1. The van der Waals surface area contributed by atoms with E-state index < -0.39 is 0 Å². The number of carbonyl (C=O) groups is 1. The molecule has 1 aromatic heterocycles. The molecular formula is C28H26ClN3O2. The van der Waals surface area contributed by atoms with E-state index in [2.05, 4.69) is 15.1 Å². The average molecular weight is 472 g/mol. The first-order valence-electron chi connectivity index (χ1n) is 11.0. The Balaban J connectivity index is 1.40. The van der Waals surface area contributed by atoms with Crippen LogP contribution in [0.4, 0.5) is 0 Å². The minimum Gasteiger partial charge on any atom is -0.489 e. The summed E-state index contributed by atoms with van der Waals surface area (Å²) in [7, 11) is 0. The second kappa shape index (κ2) is 10.9. The van der Waals surface area contributed by atoms with Gasteiger partial charge in [-0.3, -0.25) is 4.79 Å². The lowest BCUT2D eigenvalue weighted by atomic mass is 10.1. The number of hydrogen-bond acceptors (Lipinski definition) is 3. The number of rotatable bonds is 8. The van der Waals surface area contributed by atoms with Crippen molar-refractivity contribution in [3.63, 3.8) is 0 Å². The molecule has 4 aromatic rings. The number of hydrazone groups is 1. The summed E-state index contributed by atoms with van der Waals surface area (Å²) in [4.78, 5) is 12.1. The molecule has 4 rings (SSSR count). The number of nitrogens with one attached hydrogen (secondary N) is 1. The van der Waals surface area contributed by atoms with Crippen molar-refractivity contribution < 1.29 is 9.53 Å². The molecule has 0 aliphatic carbocycles. The minimum absolute atomic E-state index is 0.149. The second-order valence-electron chi connectivity index (χ2n) is 7.99. The van der Waals surface area contributed by atoms with Crippen LogP contribution in [-0.2, 0) is 17.8 Å². The highest BCUT2D eigenvalue weighted by Gasteiger charge is 2.10. The first-order chi connectivity index (χ1) is 16.5. The van der Waals surface area contributed by atoms with Gasteiger partial charge < -0.3 is 9.30 Å². The first-order valence-corrected chi connectivity index (χ1v) is 11.4. The maximum atomic E-state index is 12.1. The van der Waals surface area contributed by atoms with Crippen LogP contribution in [0.5, 0.6) is 5.75 Å². The van der Waals surface area contributed by atoms with Gasteiger partial charge in [0.1, 0.15) is 12.4 Å². The van der Waals surface area contributed by atoms with E-state index in [-0.39, 0.29) is 5.91 Å².